The number of aliphatic imine (C=N–C) groups is 1. The van der Waals surface area contributed by atoms with Crippen LogP contribution in [-0.2, 0) is 15.0 Å². The molecular weight excluding hydrogens is 392 g/mol. The highest BCUT2D eigenvalue weighted by Crippen LogP contribution is 2.47. The monoisotopic (exact) mass is 413 g/mol. The lowest BCUT2D eigenvalue weighted by Crippen LogP contribution is -2.54. The highest BCUT2D eigenvalue weighted by Gasteiger charge is 2.52. The molecule has 0 spiro atoms. The molecule has 2 aliphatic heterocycles. The lowest BCUT2D eigenvalue weighted by atomic mass is 9.75. The first-order valence-corrected chi connectivity index (χ1v) is 9.71. The van der Waals surface area contributed by atoms with Crippen LogP contribution < -0.4 is 5.32 Å². The minimum Gasteiger partial charge on any atom is -0.444 e. The summed E-state index contributed by atoms with van der Waals surface area (Å²) < 4.78 is 39.9. The number of nitrogens with zero attached hydrogens (tertiary/aromatic N) is 2. The SMILES string of the molecule is CC(C)(C)OC(=O)NC1=N[C@@]2(c3cc(N=O)ccc3F)COC[C@@H](F)[C@H]2CS1. The molecular formula is C18H21F2N3O4S. The summed E-state index contributed by atoms with van der Waals surface area (Å²) in [4.78, 5) is 27.5. The number of thioether (sulfide) groups is 1. The Bertz CT molecular complexity index is 815. The molecule has 1 N–H and O–H groups in total. The number of amides is 1. The molecule has 0 radical (unpaired) electrons. The number of fused-ring (bicyclic) bond motifs is 1. The van der Waals surface area contributed by atoms with Crippen molar-refractivity contribution < 1.29 is 23.0 Å². The van der Waals surface area contributed by atoms with Crippen LogP contribution in [0.15, 0.2) is 28.4 Å². The summed E-state index contributed by atoms with van der Waals surface area (Å²) in [7, 11) is 0. The zero-order valence-corrected chi connectivity index (χ0v) is 16.5. The normalized spacial score (nSPS) is 27.4. The van der Waals surface area contributed by atoms with Crippen molar-refractivity contribution in [3.05, 3.63) is 34.5 Å². The zero-order chi connectivity index (χ0) is 20.5. The fourth-order valence-electron chi connectivity index (χ4n) is 3.28. The fourth-order valence-corrected chi connectivity index (χ4v) is 4.49. The molecule has 1 aromatic carbocycles. The quantitative estimate of drug-likeness (QED) is 0.740. The molecule has 1 amide bonds. The summed E-state index contributed by atoms with van der Waals surface area (Å²) in [6, 6.07) is 3.58. The van der Waals surface area contributed by atoms with Crippen LogP contribution >= 0.6 is 11.8 Å². The molecule has 0 aromatic heterocycles. The smallest absolute Gasteiger partial charge is 0.413 e. The van der Waals surface area contributed by atoms with E-state index in [1.165, 1.54) is 12.1 Å². The zero-order valence-electron chi connectivity index (χ0n) is 15.7. The average Bonchev–Trinajstić information content (AvgIpc) is 2.60. The van der Waals surface area contributed by atoms with Crippen molar-refractivity contribution >= 4 is 28.7 Å². The summed E-state index contributed by atoms with van der Waals surface area (Å²) >= 11 is 1.15. The lowest BCUT2D eigenvalue weighted by Gasteiger charge is -2.45. The van der Waals surface area contributed by atoms with Gasteiger partial charge in [-0.1, -0.05) is 11.8 Å². The molecule has 0 bridgehead atoms. The van der Waals surface area contributed by atoms with Gasteiger partial charge in [0.15, 0.2) is 5.17 Å². The van der Waals surface area contributed by atoms with E-state index in [-0.39, 0.29) is 35.4 Å². The predicted octanol–water partition coefficient (Wildman–Crippen LogP) is 4.03. The van der Waals surface area contributed by atoms with Gasteiger partial charge in [-0.05, 0) is 44.1 Å². The molecule has 1 fully saturated rings. The third kappa shape index (κ3) is 4.17. The van der Waals surface area contributed by atoms with E-state index < -0.39 is 35.1 Å². The Kier molecular flexibility index (Phi) is 5.72. The fraction of sp³-hybridized carbons (Fsp3) is 0.556. The van der Waals surface area contributed by atoms with Crippen LogP contribution in [0.25, 0.3) is 0 Å². The van der Waals surface area contributed by atoms with Gasteiger partial charge in [-0.15, -0.1) is 4.91 Å². The van der Waals surface area contributed by atoms with Gasteiger partial charge in [-0.2, -0.15) is 0 Å². The number of hydrogen-bond donors (Lipinski definition) is 1. The Morgan fingerprint density at radius 3 is 2.89 bits per heavy atom. The first-order valence-electron chi connectivity index (χ1n) is 8.72. The van der Waals surface area contributed by atoms with Crippen molar-refractivity contribution in [3.63, 3.8) is 0 Å². The van der Waals surface area contributed by atoms with E-state index in [0.717, 1.165) is 17.8 Å². The Morgan fingerprint density at radius 1 is 1.46 bits per heavy atom. The van der Waals surface area contributed by atoms with Crippen LogP contribution in [0.1, 0.15) is 26.3 Å². The van der Waals surface area contributed by atoms with Gasteiger partial charge in [0, 0.05) is 17.2 Å². The van der Waals surface area contributed by atoms with Gasteiger partial charge in [0.25, 0.3) is 0 Å². The Labute approximate surface area is 165 Å². The highest BCUT2D eigenvalue weighted by atomic mass is 32.2. The van der Waals surface area contributed by atoms with Gasteiger partial charge in [0.05, 0.1) is 13.2 Å². The van der Waals surface area contributed by atoms with Crippen molar-refractivity contribution in [2.75, 3.05) is 19.0 Å². The lowest BCUT2D eigenvalue weighted by molar-refractivity contribution is -0.0527. The van der Waals surface area contributed by atoms with Gasteiger partial charge in [-0.3, -0.25) is 5.32 Å². The van der Waals surface area contributed by atoms with Gasteiger partial charge >= 0.3 is 6.09 Å². The summed E-state index contributed by atoms with van der Waals surface area (Å²) in [5.74, 6) is -1.09. The number of nitrogens with one attached hydrogen (secondary N) is 1. The van der Waals surface area contributed by atoms with E-state index in [2.05, 4.69) is 15.5 Å². The number of hydrogen-bond acceptors (Lipinski definition) is 7. The number of carbonyl (C=O) groups excluding carboxylic acids is 1. The number of amidine groups is 1. The van der Waals surface area contributed by atoms with Crippen LogP contribution in [0.3, 0.4) is 0 Å². The van der Waals surface area contributed by atoms with Gasteiger partial charge in [0.2, 0.25) is 0 Å². The van der Waals surface area contributed by atoms with Crippen LogP contribution in [-0.4, -0.2) is 42.0 Å². The van der Waals surface area contributed by atoms with Crippen LogP contribution in [0.2, 0.25) is 0 Å². The van der Waals surface area contributed by atoms with Crippen LogP contribution in [0, 0.1) is 16.6 Å². The molecule has 1 aromatic rings. The Morgan fingerprint density at radius 2 is 2.21 bits per heavy atom. The number of alkyl halides is 1. The third-order valence-corrected chi connectivity index (χ3v) is 5.47. The maximum absolute atomic E-state index is 14.7. The van der Waals surface area contributed by atoms with E-state index in [4.69, 9.17) is 9.47 Å². The molecule has 1 saturated heterocycles. The number of benzene rings is 1. The topological polar surface area (TPSA) is 89.4 Å². The largest absolute Gasteiger partial charge is 0.444 e. The summed E-state index contributed by atoms with van der Waals surface area (Å²) in [5, 5.41) is 5.54. The minimum absolute atomic E-state index is 0.000541. The number of carbonyl (C=O) groups is 1. The maximum atomic E-state index is 14.7. The van der Waals surface area contributed by atoms with Crippen LogP contribution in [0.4, 0.5) is 19.3 Å². The molecule has 10 heteroatoms. The first kappa shape index (κ1) is 20.7. The van der Waals surface area contributed by atoms with E-state index in [0.29, 0.717) is 0 Å². The molecule has 3 rings (SSSR count). The first-order chi connectivity index (χ1) is 13.1. The van der Waals surface area contributed by atoms with Gasteiger partial charge in [0.1, 0.15) is 28.8 Å². The standard InChI is InChI=1S/C18H21F2N3O4S/c1-17(2,3)27-16(24)21-15-22-18(9-26-7-14(20)12(18)8-28-15)11-6-10(23-25)4-5-13(11)19/h4-6,12,14H,7-9H2,1-3H3,(H,21,22,24)/t12-,14-,18-/m1/s1. The summed E-state index contributed by atoms with van der Waals surface area (Å²) in [6.07, 6.45) is -2.09. The van der Waals surface area contributed by atoms with E-state index >= 15 is 0 Å². The molecule has 0 aliphatic carbocycles. The van der Waals surface area contributed by atoms with Crippen molar-refractivity contribution in [3.8, 4) is 0 Å². The summed E-state index contributed by atoms with van der Waals surface area (Å²) in [6.45, 7) is 4.95. The number of nitroso groups, excluding NO2 is 1. The highest BCUT2D eigenvalue weighted by molar-refractivity contribution is 8.13. The second-order valence-corrected chi connectivity index (χ2v) is 8.68. The van der Waals surface area contributed by atoms with Crippen molar-refractivity contribution in [2.24, 2.45) is 16.1 Å². The van der Waals surface area contributed by atoms with E-state index in [1.807, 2.05) is 0 Å². The number of alkyl carbamates (subject to hydrolysis) is 1. The number of rotatable bonds is 2. The van der Waals surface area contributed by atoms with Crippen molar-refractivity contribution in [1.82, 2.24) is 5.32 Å². The molecule has 2 aliphatic rings. The molecule has 2 heterocycles. The van der Waals surface area contributed by atoms with E-state index in [1.54, 1.807) is 20.8 Å². The maximum Gasteiger partial charge on any atom is 0.413 e. The number of ether oxygens (including phenoxy) is 2. The van der Waals surface area contributed by atoms with Crippen molar-refractivity contribution in [1.29, 1.82) is 0 Å². The Balaban J connectivity index is 2.02. The van der Waals surface area contributed by atoms with Crippen LogP contribution in [0.5, 0.6) is 0 Å². The molecule has 0 saturated carbocycles. The van der Waals surface area contributed by atoms with E-state index in [9.17, 15) is 18.5 Å². The summed E-state index contributed by atoms with van der Waals surface area (Å²) in [5.41, 5.74) is -2.11. The minimum atomic E-state index is -1.42. The molecule has 7 nitrogen and oxygen atoms in total. The second-order valence-electron chi connectivity index (χ2n) is 7.67. The second kappa shape index (κ2) is 7.75. The van der Waals surface area contributed by atoms with Gasteiger partial charge < -0.3 is 9.47 Å². The number of halogens is 2. The molecule has 28 heavy (non-hydrogen) atoms. The van der Waals surface area contributed by atoms with Gasteiger partial charge in [-0.25, -0.2) is 18.6 Å². The average molecular weight is 413 g/mol. The Hall–Kier alpha value is -2.07. The molecule has 152 valence electrons. The van der Waals surface area contributed by atoms with Crippen molar-refractivity contribution in [2.45, 2.75) is 38.1 Å². The molecule has 0 unspecified atom stereocenters. The third-order valence-electron chi connectivity index (χ3n) is 4.48. The predicted molar refractivity (Wildman–Crippen MR) is 102 cm³/mol. The molecule has 3 atom stereocenters.